The number of allylic oxidation sites excluding steroid dienone is 3. The summed E-state index contributed by atoms with van der Waals surface area (Å²) in [7, 11) is 0. The summed E-state index contributed by atoms with van der Waals surface area (Å²) in [5, 5.41) is 9.14. The van der Waals surface area contributed by atoms with E-state index in [0.717, 1.165) is 6.42 Å². The van der Waals surface area contributed by atoms with Gasteiger partial charge in [-0.25, -0.2) is 0 Å². The van der Waals surface area contributed by atoms with Gasteiger partial charge in [0.2, 0.25) is 0 Å². The Balaban J connectivity index is 0.000000980. The molecule has 0 fully saturated rings. The van der Waals surface area contributed by atoms with Crippen molar-refractivity contribution in [2.45, 2.75) is 12.3 Å². The second-order valence-corrected chi connectivity index (χ2v) is 3.16. The number of rotatable bonds is 1. The summed E-state index contributed by atoms with van der Waals surface area (Å²) in [5.74, 6) is 0.782. The summed E-state index contributed by atoms with van der Waals surface area (Å²) >= 11 is 0. The molecule has 1 aliphatic carbocycles. The minimum Gasteiger partial charge on any atom is -0.508 e. The second-order valence-electron chi connectivity index (χ2n) is 3.16. The van der Waals surface area contributed by atoms with E-state index >= 15 is 0 Å². The number of aliphatic hydroxyl groups is 1. The first-order valence-electron chi connectivity index (χ1n) is 4.39. The van der Waals surface area contributed by atoms with Gasteiger partial charge >= 0.3 is 0 Å². The number of hydrogen-bond acceptors (Lipinski definition) is 1. The number of aliphatic hydroxyl groups excluding tert-OH is 1. The van der Waals surface area contributed by atoms with Gasteiger partial charge in [-0.2, -0.15) is 35.9 Å². The average Bonchev–Trinajstić information content (AvgIpc) is 2.20. The van der Waals surface area contributed by atoms with Crippen LogP contribution in [0.4, 0.5) is 0 Å². The quantitative estimate of drug-likeness (QED) is 0.587. The van der Waals surface area contributed by atoms with Gasteiger partial charge < -0.3 is 5.11 Å². The molecular weight excluding hydrogens is 226 g/mol. The zero-order valence-corrected chi connectivity index (χ0v) is 10.9. The monoisotopic (exact) mass is 235 g/mol. The van der Waals surface area contributed by atoms with Crippen LogP contribution in [0.25, 0.3) is 0 Å². The van der Waals surface area contributed by atoms with Crippen molar-refractivity contribution in [3.8, 4) is 0 Å². The van der Waals surface area contributed by atoms with Crippen molar-refractivity contribution in [3.63, 3.8) is 0 Å². The normalized spacial score (nSPS) is 19.7. The SMILES string of the molecule is OC1=CCC(c2cc[c-]cc2)C=C1.[Zn]. The van der Waals surface area contributed by atoms with E-state index in [2.05, 4.69) is 18.2 Å². The van der Waals surface area contributed by atoms with Gasteiger partial charge in [0.05, 0.1) is 0 Å². The van der Waals surface area contributed by atoms with Crippen LogP contribution >= 0.6 is 0 Å². The third-order valence-corrected chi connectivity index (χ3v) is 2.25. The molecule has 1 aromatic carbocycles. The molecule has 0 bridgehead atoms. The van der Waals surface area contributed by atoms with Crippen LogP contribution in [0.1, 0.15) is 17.9 Å². The van der Waals surface area contributed by atoms with Crippen LogP contribution in [0.2, 0.25) is 0 Å². The van der Waals surface area contributed by atoms with Crippen LogP contribution in [-0.2, 0) is 19.5 Å². The fraction of sp³-hybridized carbons (Fsp3) is 0.167. The largest absolute Gasteiger partial charge is 0.508 e. The molecule has 14 heavy (non-hydrogen) atoms. The molecule has 0 radical (unpaired) electrons. The standard InChI is InChI=1S/C12H11O.Zn/c13-12-8-6-11(7-9-12)10-4-2-1-3-5-10;/h2-6,8-9,11,13H,7H2;/q-1;. The van der Waals surface area contributed by atoms with Gasteiger partial charge in [-0.05, 0) is 24.5 Å². The summed E-state index contributed by atoms with van der Waals surface area (Å²) < 4.78 is 0. The zero-order valence-electron chi connectivity index (χ0n) is 7.98. The topological polar surface area (TPSA) is 20.2 Å². The summed E-state index contributed by atoms with van der Waals surface area (Å²) in [6, 6.07) is 10.9. The van der Waals surface area contributed by atoms with E-state index in [1.807, 2.05) is 24.3 Å². The van der Waals surface area contributed by atoms with Crippen LogP contribution in [-0.4, -0.2) is 5.11 Å². The van der Waals surface area contributed by atoms with Gasteiger partial charge in [-0.1, -0.05) is 6.08 Å². The molecule has 1 unspecified atom stereocenters. The molecule has 2 rings (SSSR count). The molecule has 0 saturated carbocycles. The van der Waals surface area contributed by atoms with E-state index in [1.54, 1.807) is 6.08 Å². The Morgan fingerprint density at radius 3 is 2.57 bits per heavy atom. The molecule has 1 aliphatic rings. The first kappa shape index (κ1) is 11.2. The van der Waals surface area contributed by atoms with Crippen molar-refractivity contribution in [2.75, 3.05) is 0 Å². The van der Waals surface area contributed by atoms with Gasteiger partial charge in [-0.15, -0.1) is 0 Å². The van der Waals surface area contributed by atoms with Crippen molar-refractivity contribution in [3.05, 3.63) is 59.9 Å². The van der Waals surface area contributed by atoms with Gasteiger partial charge in [0.1, 0.15) is 5.76 Å². The van der Waals surface area contributed by atoms with Crippen molar-refractivity contribution in [1.29, 1.82) is 0 Å². The maximum Gasteiger partial charge on any atom is 0.111 e. The molecule has 0 saturated heterocycles. The molecule has 0 heterocycles. The molecule has 0 aliphatic heterocycles. The van der Waals surface area contributed by atoms with E-state index < -0.39 is 0 Å². The molecule has 0 amide bonds. The second kappa shape index (κ2) is 5.12. The maximum atomic E-state index is 9.14. The Morgan fingerprint density at radius 2 is 2.00 bits per heavy atom. The molecule has 1 N–H and O–H groups in total. The van der Waals surface area contributed by atoms with Crippen molar-refractivity contribution in [2.24, 2.45) is 0 Å². The van der Waals surface area contributed by atoms with Gasteiger partial charge in [0.15, 0.2) is 0 Å². The van der Waals surface area contributed by atoms with Crippen LogP contribution in [0.5, 0.6) is 0 Å². The van der Waals surface area contributed by atoms with E-state index in [0.29, 0.717) is 11.7 Å². The Bertz CT molecular complexity index is 341. The van der Waals surface area contributed by atoms with E-state index in [9.17, 15) is 0 Å². The van der Waals surface area contributed by atoms with Crippen LogP contribution in [0.15, 0.2) is 48.3 Å². The van der Waals surface area contributed by atoms with E-state index in [4.69, 9.17) is 5.11 Å². The first-order valence-corrected chi connectivity index (χ1v) is 4.39. The minimum absolute atomic E-state index is 0. The summed E-state index contributed by atoms with van der Waals surface area (Å²) in [6.45, 7) is 0. The predicted octanol–water partition coefficient (Wildman–Crippen LogP) is 2.97. The van der Waals surface area contributed by atoms with Crippen molar-refractivity contribution >= 4 is 0 Å². The molecule has 0 spiro atoms. The predicted molar refractivity (Wildman–Crippen MR) is 52.5 cm³/mol. The van der Waals surface area contributed by atoms with Crippen LogP contribution in [0, 0.1) is 6.07 Å². The Morgan fingerprint density at radius 1 is 1.29 bits per heavy atom. The van der Waals surface area contributed by atoms with E-state index in [1.165, 1.54) is 5.56 Å². The van der Waals surface area contributed by atoms with Crippen LogP contribution < -0.4 is 0 Å². The van der Waals surface area contributed by atoms with Gasteiger partial charge in [-0.3, -0.25) is 0 Å². The fourth-order valence-electron chi connectivity index (χ4n) is 1.50. The molecular formula is C12H11OZn-. The smallest absolute Gasteiger partial charge is 0.111 e. The molecule has 0 aromatic heterocycles. The minimum atomic E-state index is 0. The van der Waals surface area contributed by atoms with Crippen molar-refractivity contribution < 1.29 is 24.6 Å². The Kier molecular flexibility index (Phi) is 4.09. The molecule has 1 nitrogen and oxygen atoms in total. The molecule has 1 atom stereocenters. The molecule has 68 valence electrons. The first-order chi connectivity index (χ1) is 6.36. The average molecular weight is 237 g/mol. The summed E-state index contributed by atoms with van der Waals surface area (Å²) in [6.07, 6.45) is 6.52. The Hall–Kier alpha value is -0.877. The maximum absolute atomic E-state index is 9.14. The third-order valence-electron chi connectivity index (χ3n) is 2.25. The number of benzene rings is 1. The Labute approximate surface area is 96.9 Å². The van der Waals surface area contributed by atoms with Crippen molar-refractivity contribution in [1.82, 2.24) is 0 Å². The summed E-state index contributed by atoms with van der Waals surface area (Å²) in [4.78, 5) is 0. The number of hydrogen-bond donors (Lipinski definition) is 1. The van der Waals surface area contributed by atoms with Gasteiger partial charge in [0.25, 0.3) is 0 Å². The fourth-order valence-corrected chi connectivity index (χ4v) is 1.50. The van der Waals surface area contributed by atoms with E-state index in [-0.39, 0.29) is 19.5 Å². The molecule has 2 heteroatoms. The van der Waals surface area contributed by atoms with Crippen LogP contribution in [0.3, 0.4) is 0 Å². The molecule has 1 aromatic rings. The third kappa shape index (κ3) is 2.55. The summed E-state index contributed by atoms with van der Waals surface area (Å²) in [5.41, 5.74) is 1.28. The zero-order chi connectivity index (χ0) is 9.10. The van der Waals surface area contributed by atoms with Gasteiger partial charge in [0, 0.05) is 19.5 Å².